The SMILES string of the molecule is CCNC(=O)CC(NCC(C)Cc1nc(C)cs1)C(=O)NC(CC(C)C)C(O)CC(C)C(=O)NC(C(=O)NCC(C)C)C(C)C. The van der Waals surface area contributed by atoms with E-state index in [0.29, 0.717) is 26.1 Å². The molecule has 0 radical (unpaired) electrons. The lowest BCUT2D eigenvalue weighted by molar-refractivity contribution is -0.132. The van der Waals surface area contributed by atoms with E-state index >= 15 is 0 Å². The van der Waals surface area contributed by atoms with Crippen LogP contribution < -0.4 is 26.6 Å². The fourth-order valence-corrected chi connectivity index (χ4v) is 5.84. The van der Waals surface area contributed by atoms with Gasteiger partial charge in [-0.2, -0.15) is 0 Å². The standard InChI is InChI=1S/C33H60N6O5S/c1-11-34-28(41)15-26(35-17-22(8)13-29-37-24(10)18-45-29)32(43)38-25(12-19(2)3)27(40)14-23(9)31(42)39-30(21(6)7)33(44)36-16-20(4)5/h18-23,25-27,30,35,40H,11-17H2,1-10H3,(H,34,41)(H,36,44)(H,38,43)(H,39,42). The van der Waals surface area contributed by atoms with Crippen LogP contribution in [0, 0.1) is 36.5 Å². The number of aliphatic hydroxyl groups excluding tert-OH is 1. The molecule has 1 aromatic heterocycles. The number of carbonyl (C=O) groups excluding carboxylic acids is 4. The van der Waals surface area contributed by atoms with E-state index in [2.05, 4.69) is 38.5 Å². The van der Waals surface area contributed by atoms with Crippen LogP contribution in [0.25, 0.3) is 0 Å². The molecule has 45 heavy (non-hydrogen) atoms. The molecule has 0 fully saturated rings. The zero-order valence-electron chi connectivity index (χ0n) is 29.2. The van der Waals surface area contributed by atoms with Crippen LogP contribution in [0.2, 0.25) is 0 Å². The number of rotatable bonds is 21. The van der Waals surface area contributed by atoms with Crippen molar-refractivity contribution in [3.63, 3.8) is 0 Å². The van der Waals surface area contributed by atoms with Gasteiger partial charge < -0.3 is 31.7 Å². The molecule has 0 saturated heterocycles. The Balaban J connectivity index is 2.94. The summed E-state index contributed by atoms with van der Waals surface area (Å²) in [6, 6.07) is -2.11. The van der Waals surface area contributed by atoms with Crippen LogP contribution in [-0.2, 0) is 25.6 Å². The van der Waals surface area contributed by atoms with Gasteiger partial charge in [0, 0.05) is 36.5 Å². The minimum absolute atomic E-state index is 0.0402. The fraction of sp³-hybridized carbons (Fsp3) is 0.788. The smallest absolute Gasteiger partial charge is 0.242 e. The maximum atomic E-state index is 13.6. The van der Waals surface area contributed by atoms with Gasteiger partial charge in [-0.3, -0.25) is 19.2 Å². The number of hydrogen-bond acceptors (Lipinski definition) is 8. The van der Waals surface area contributed by atoms with Crippen LogP contribution in [0.15, 0.2) is 5.38 Å². The highest BCUT2D eigenvalue weighted by molar-refractivity contribution is 7.09. The molecule has 1 aromatic rings. The van der Waals surface area contributed by atoms with E-state index < -0.39 is 30.1 Å². The highest BCUT2D eigenvalue weighted by Crippen LogP contribution is 2.18. The Morgan fingerprint density at radius 3 is 2.07 bits per heavy atom. The molecule has 1 heterocycles. The van der Waals surface area contributed by atoms with E-state index in [0.717, 1.165) is 17.1 Å². The first-order chi connectivity index (χ1) is 21.0. The van der Waals surface area contributed by atoms with Crippen molar-refractivity contribution in [3.05, 3.63) is 16.1 Å². The number of aromatic nitrogens is 1. The minimum Gasteiger partial charge on any atom is -0.391 e. The Labute approximate surface area is 274 Å². The molecule has 6 N–H and O–H groups in total. The van der Waals surface area contributed by atoms with E-state index in [-0.39, 0.29) is 60.1 Å². The summed E-state index contributed by atoms with van der Waals surface area (Å²) in [5, 5.41) is 29.1. The molecular formula is C33H60N6O5S. The molecule has 4 amide bonds. The number of thiazole rings is 1. The van der Waals surface area contributed by atoms with Gasteiger partial charge in [0.25, 0.3) is 0 Å². The average Bonchev–Trinajstić information content (AvgIpc) is 3.35. The molecule has 258 valence electrons. The average molecular weight is 653 g/mol. The van der Waals surface area contributed by atoms with Crippen LogP contribution in [0.3, 0.4) is 0 Å². The second kappa shape index (κ2) is 20.5. The topological polar surface area (TPSA) is 162 Å². The largest absolute Gasteiger partial charge is 0.391 e. The molecular weight excluding hydrogens is 592 g/mol. The predicted molar refractivity (Wildman–Crippen MR) is 181 cm³/mol. The maximum Gasteiger partial charge on any atom is 0.242 e. The highest BCUT2D eigenvalue weighted by atomic mass is 32.1. The van der Waals surface area contributed by atoms with Gasteiger partial charge in [0.2, 0.25) is 23.6 Å². The van der Waals surface area contributed by atoms with Crippen molar-refractivity contribution in [1.82, 2.24) is 31.6 Å². The second-order valence-corrected chi connectivity index (χ2v) is 14.6. The van der Waals surface area contributed by atoms with Crippen molar-refractivity contribution >= 4 is 35.0 Å². The number of nitrogens with one attached hydrogen (secondary N) is 5. The summed E-state index contributed by atoms with van der Waals surface area (Å²) in [5.74, 6) is -1.28. The lowest BCUT2D eigenvalue weighted by Crippen LogP contribution is -2.54. The van der Waals surface area contributed by atoms with Gasteiger partial charge in [-0.25, -0.2) is 4.98 Å². The van der Waals surface area contributed by atoms with E-state index in [9.17, 15) is 24.3 Å². The molecule has 0 aliphatic heterocycles. The van der Waals surface area contributed by atoms with Crippen molar-refractivity contribution in [1.29, 1.82) is 0 Å². The van der Waals surface area contributed by atoms with Crippen molar-refractivity contribution in [2.45, 2.75) is 119 Å². The molecule has 0 saturated carbocycles. The normalized spacial score (nSPS) is 15.7. The first-order valence-corrected chi connectivity index (χ1v) is 17.4. The summed E-state index contributed by atoms with van der Waals surface area (Å²) in [5.41, 5.74) is 0.983. The number of amides is 4. The molecule has 6 unspecified atom stereocenters. The van der Waals surface area contributed by atoms with Gasteiger partial charge in [-0.05, 0) is 56.9 Å². The van der Waals surface area contributed by atoms with Crippen molar-refractivity contribution in [2.24, 2.45) is 29.6 Å². The Hall–Kier alpha value is -2.57. The summed E-state index contributed by atoms with van der Waals surface area (Å²) in [4.78, 5) is 56.5. The fourth-order valence-electron chi connectivity index (χ4n) is 4.90. The molecule has 0 aromatic carbocycles. The van der Waals surface area contributed by atoms with Crippen molar-refractivity contribution in [3.8, 4) is 0 Å². The summed E-state index contributed by atoms with van der Waals surface area (Å²) in [6.45, 7) is 20.8. The third-order valence-corrected chi connectivity index (χ3v) is 8.46. The van der Waals surface area contributed by atoms with Crippen LogP contribution in [0.1, 0.15) is 92.3 Å². The molecule has 0 spiro atoms. The van der Waals surface area contributed by atoms with Crippen molar-refractivity contribution in [2.75, 3.05) is 19.6 Å². The van der Waals surface area contributed by atoms with E-state index in [1.807, 2.05) is 60.8 Å². The third kappa shape index (κ3) is 16.0. The molecule has 0 aliphatic carbocycles. The lowest BCUT2D eigenvalue weighted by Gasteiger charge is -2.30. The minimum atomic E-state index is -1.01. The molecule has 11 nitrogen and oxygen atoms in total. The monoisotopic (exact) mass is 652 g/mol. The molecule has 0 aliphatic rings. The van der Waals surface area contributed by atoms with Gasteiger partial charge in [-0.15, -0.1) is 11.3 Å². The van der Waals surface area contributed by atoms with E-state index in [4.69, 9.17) is 0 Å². The predicted octanol–water partition coefficient (Wildman–Crippen LogP) is 2.95. The molecule has 12 heteroatoms. The Morgan fingerprint density at radius 2 is 1.53 bits per heavy atom. The van der Waals surface area contributed by atoms with Gasteiger partial charge in [0.1, 0.15) is 6.04 Å². The number of aryl methyl sites for hydroxylation is 1. The molecule has 0 bridgehead atoms. The second-order valence-electron chi connectivity index (χ2n) is 13.6. The third-order valence-electron chi connectivity index (χ3n) is 7.47. The van der Waals surface area contributed by atoms with Gasteiger partial charge in [0.15, 0.2) is 0 Å². The number of aliphatic hydroxyl groups is 1. The summed E-state index contributed by atoms with van der Waals surface area (Å²) < 4.78 is 0. The summed E-state index contributed by atoms with van der Waals surface area (Å²) in [7, 11) is 0. The number of hydrogen-bond donors (Lipinski definition) is 6. The number of nitrogens with zero attached hydrogens (tertiary/aromatic N) is 1. The van der Waals surface area contributed by atoms with Crippen molar-refractivity contribution < 1.29 is 24.3 Å². The number of carbonyl (C=O) groups is 4. The lowest BCUT2D eigenvalue weighted by atomic mass is 9.91. The zero-order chi connectivity index (χ0) is 34.3. The quantitative estimate of drug-likeness (QED) is 0.119. The van der Waals surface area contributed by atoms with Crippen LogP contribution in [0.5, 0.6) is 0 Å². The summed E-state index contributed by atoms with van der Waals surface area (Å²) in [6.07, 6.45) is 0.289. The highest BCUT2D eigenvalue weighted by Gasteiger charge is 2.32. The first-order valence-electron chi connectivity index (χ1n) is 16.5. The Bertz CT molecular complexity index is 1060. The zero-order valence-corrected chi connectivity index (χ0v) is 30.0. The molecule has 1 rings (SSSR count). The summed E-state index contributed by atoms with van der Waals surface area (Å²) >= 11 is 1.61. The van der Waals surface area contributed by atoms with Gasteiger partial charge >= 0.3 is 0 Å². The Morgan fingerprint density at radius 1 is 0.867 bits per heavy atom. The molecule has 6 atom stereocenters. The van der Waals surface area contributed by atoms with Crippen LogP contribution in [-0.4, -0.2) is 77.6 Å². The van der Waals surface area contributed by atoms with Crippen LogP contribution in [0.4, 0.5) is 0 Å². The van der Waals surface area contributed by atoms with Gasteiger partial charge in [0.05, 0.1) is 29.6 Å². The van der Waals surface area contributed by atoms with E-state index in [1.165, 1.54) is 0 Å². The van der Waals surface area contributed by atoms with E-state index in [1.54, 1.807) is 18.3 Å². The first kappa shape index (κ1) is 40.5. The van der Waals surface area contributed by atoms with Crippen LogP contribution >= 0.6 is 11.3 Å². The van der Waals surface area contributed by atoms with Gasteiger partial charge in [-0.1, -0.05) is 55.4 Å². The Kier molecular flexibility index (Phi) is 18.5. The maximum absolute atomic E-state index is 13.6.